The third-order valence-corrected chi connectivity index (χ3v) is 6.12. The van der Waals surface area contributed by atoms with Crippen LogP contribution in [0.15, 0.2) is 35.1 Å². The zero-order valence-electron chi connectivity index (χ0n) is 15.9. The molecule has 2 fully saturated rings. The second-order valence-corrected chi connectivity index (χ2v) is 7.82. The lowest BCUT2D eigenvalue weighted by atomic mass is 10.0. The zero-order valence-corrected chi connectivity index (χ0v) is 15.9. The largest absolute Gasteiger partial charge is 0.395 e. The van der Waals surface area contributed by atoms with Crippen LogP contribution in [0.2, 0.25) is 0 Å². The first-order valence-electron chi connectivity index (χ1n) is 10.1. The number of rotatable bonds is 5. The van der Waals surface area contributed by atoms with Crippen LogP contribution in [-0.4, -0.2) is 83.3 Å². The van der Waals surface area contributed by atoms with Gasteiger partial charge in [0.05, 0.1) is 6.61 Å². The van der Waals surface area contributed by atoms with E-state index in [1.165, 1.54) is 12.8 Å². The van der Waals surface area contributed by atoms with Gasteiger partial charge >= 0.3 is 0 Å². The molecule has 6 nitrogen and oxygen atoms in total. The lowest BCUT2D eigenvalue weighted by molar-refractivity contribution is 0.0516. The number of piperazine rings is 1. The molecular formula is C21H30N4O2. The number of aromatic nitrogens is 1. The molecule has 0 aliphatic carbocycles. The Morgan fingerprint density at radius 1 is 1.00 bits per heavy atom. The van der Waals surface area contributed by atoms with Crippen LogP contribution in [0.3, 0.4) is 0 Å². The maximum absolute atomic E-state index is 12.4. The number of aliphatic hydroxyl groups excluding tert-OH is 1. The van der Waals surface area contributed by atoms with E-state index in [9.17, 15) is 4.79 Å². The predicted octanol–water partition coefficient (Wildman–Crippen LogP) is 1.10. The number of aliphatic hydroxyl groups is 1. The molecule has 0 spiro atoms. The number of β-amino-alcohol motifs (C(OH)–C–C–N with tert-alkyl or cyclic N) is 1. The number of para-hydroxylation sites is 1. The summed E-state index contributed by atoms with van der Waals surface area (Å²) in [7, 11) is 0. The van der Waals surface area contributed by atoms with Crippen LogP contribution in [-0.2, 0) is 6.54 Å². The number of H-pyrrole nitrogens is 1. The number of piperidine rings is 1. The molecule has 146 valence electrons. The third-order valence-electron chi connectivity index (χ3n) is 6.12. The second kappa shape index (κ2) is 8.52. The monoisotopic (exact) mass is 370 g/mol. The Labute approximate surface area is 160 Å². The van der Waals surface area contributed by atoms with Crippen molar-refractivity contribution in [1.82, 2.24) is 19.7 Å². The van der Waals surface area contributed by atoms with E-state index in [-0.39, 0.29) is 12.2 Å². The van der Waals surface area contributed by atoms with Crippen molar-refractivity contribution in [3.63, 3.8) is 0 Å². The van der Waals surface area contributed by atoms with Gasteiger partial charge in [0, 0.05) is 56.4 Å². The number of hydrogen-bond donors (Lipinski definition) is 2. The number of likely N-dealkylation sites (tertiary alicyclic amines) is 1. The highest BCUT2D eigenvalue weighted by Crippen LogP contribution is 2.20. The van der Waals surface area contributed by atoms with E-state index in [1.807, 2.05) is 24.3 Å². The topological polar surface area (TPSA) is 62.8 Å². The quantitative estimate of drug-likeness (QED) is 0.825. The lowest BCUT2D eigenvalue weighted by Gasteiger charge is -2.42. The molecule has 27 heavy (non-hydrogen) atoms. The van der Waals surface area contributed by atoms with Crippen molar-refractivity contribution in [2.45, 2.75) is 25.4 Å². The summed E-state index contributed by atoms with van der Waals surface area (Å²) < 4.78 is 0. The summed E-state index contributed by atoms with van der Waals surface area (Å²) in [6.07, 6.45) is 2.34. The molecular weight excluding hydrogens is 340 g/mol. The van der Waals surface area contributed by atoms with Crippen molar-refractivity contribution in [1.29, 1.82) is 0 Å². The van der Waals surface area contributed by atoms with Crippen LogP contribution in [0, 0.1) is 0 Å². The van der Waals surface area contributed by atoms with Crippen molar-refractivity contribution in [3.05, 3.63) is 46.2 Å². The molecule has 4 rings (SSSR count). The highest BCUT2D eigenvalue weighted by atomic mass is 16.3. The second-order valence-electron chi connectivity index (χ2n) is 7.82. The van der Waals surface area contributed by atoms with Gasteiger partial charge in [0.25, 0.3) is 5.56 Å². The number of fused-ring (bicyclic) bond motifs is 1. The molecule has 0 unspecified atom stereocenters. The van der Waals surface area contributed by atoms with Crippen molar-refractivity contribution in [2.24, 2.45) is 0 Å². The Bertz CT molecular complexity index is 805. The van der Waals surface area contributed by atoms with E-state index in [4.69, 9.17) is 5.11 Å². The Hall–Kier alpha value is -1.73. The van der Waals surface area contributed by atoms with Gasteiger partial charge in [-0.05, 0) is 43.5 Å². The van der Waals surface area contributed by atoms with Crippen LogP contribution in [0.25, 0.3) is 10.9 Å². The molecule has 1 aromatic carbocycles. The molecule has 2 saturated heterocycles. The lowest BCUT2D eigenvalue weighted by Crippen LogP contribution is -2.53. The Kier molecular flexibility index (Phi) is 5.88. The molecule has 0 radical (unpaired) electrons. The number of benzene rings is 1. The van der Waals surface area contributed by atoms with E-state index in [0.717, 1.165) is 68.8 Å². The molecule has 3 heterocycles. The average molecular weight is 370 g/mol. The molecule has 6 heteroatoms. The standard InChI is InChI=1S/C21H30N4O2/c26-14-13-23-9-11-25(12-10-23)19-5-7-24(8-6-19)16-18-15-17-3-1-2-4-20(17)22-21(18)27/h1-4,15,19,26H,5-14,16H2,(H,22,27). The van der Waals surface area contributed by atoms with Crippen LogP contribution in [0.1, 0.15) is 18.4 Å². The molecule has 2 N–H and O–H groups in total. The summed E-state index contributed by atoms with van der Waals surface area (Å²) in [4.78, 5) is 22.8. The first-order valence-corrected chi connectivity index (χ1v) is 10.1. The van der Waals surface area contributed by atoms with E-state index in [0.29, 0.717) is 6.04 Å². The molecule has 0 atom stereocenters. The molecule has 0 bridgehead atoms. The van der Waals surface area contributed by atoms with Gasteiger partial charge in [-0.3, -0.25) is 19.5 Å². The normalized spacial score (nSPS) is 21.1. The molecule has 1 aromatic heterocycles. The maximum Gasteiger partial charge on any atom is 0.252 e. The zero-order chi connectivity index (χ0) is 18.6. The molecule has 2 aliphatic rings. The van der Waals surface area contributed by atoms with Gasteiger partial charge < -0.3 is 10.1 Å². The van der Waals surface area contributed by atoms with Crippen molar-refractivity contribution >= 4 is 10.9 Å². The van der Waals surface area contributed by atoms with Crippen molar-refractivity contribution in [2.75, 3.05) is 52.4 Å². The highest BCUT2D eigenvalue weighted by molar-refractivity contribution is 5.78. The fraction of sp³-hybridized carbons (Fsp3) is 0.571. The Balaban J connectivity index is 1.31. The smallest absolute Gasteiger partial charge is 0.252 e. The number of nitrogens with one attached hydrogen (secondary N) is 1. The van der Waals surface area contributed by atoms with Gasteiger partial charge in [0.2, 0.25) is 0 Å². The van der Waals surface area contributed by atoms with Crippen LogP contribution in [0.5, 0.6) is 0 Å². The minimum atomic E-state index is 0.0378. The summed E-state index contributed by atoms with van der Waals surface area (Å²) in [6.45, 7) is 8.22. The minimum absolute atomic E-state index is 0.0378. The predicted molar refractivity (Wildman–Crippen MR) is 108 cm³/mol. The number of aromatic amines is 1. The minimum Gasteiger partial charge on any atom is -0.395 e. The molecule has 0 amide bonds. The van der Waals surface area contributed by atoms with E-state index < -0.39 is 0 Å². The van der Waals surface area contributed by atoms with Gasteiger partial charge in [-0.15, -0.1) is 0 Å². The van der Waals surface area contributed by atoms with E-state index in [1.54, 1.807) is 0 Å². The molecule has 0 saturated carbocycles. The summed E-state index contributed by atoms with van der Waals surface area (Å²) in [5, 5.41) is 10.2. The van der Waals surface area contributed by atoms with Gasteiger partial charge in [-0.1, -0.05) is 18.2 Å². The number of nitrogens with zero attached hydrogens (tertiary/aromatic N) is 3. The van der Waals surface area contributed by atoms with Crippen LogP contribution in [0.4, 0.5) is 0 Å². The van der Waals surface area contributed by atoms with Crippen LogP contribution < -0.4 is 5.56 Å². The number of hydrogen-bond acceptors (Lipinski definition) is 5. The summed E-state index contributed by atoms with van der Waals surface area (Å²) >= 11 is 0. The van der Waals surface area contributed by atoms with Crippen molar-refractivity contribution in [3.8, 4) is 0 Å². The van der Waals surface area contributed by atoms with E-state index in [2.05, 4.69) is 25.8 Å². The van der Waals surface area contributed by atoms with Crippen LogP contribution >= 0.6 is 0 Å². The fourth-order valence-electron chi connectivity index (χ4n) is 4.49. The van der Waals surface area contributed by atoms with Gasteiger partial charge in [-0.2, -0.15) is 0 Å². The SMILES string of the molecule is O=c1[nH]c2ccccc2cc1CN1CCC(N2CCN(CCO)CC2)CC1. The Morgan fingerprint density at radius 3 is 2.48 bits per heavy atom. The molecule has 2 aliphatic heterocycles. The van der Waals surface area contributed by atoms with Gasteiger partial charge in [0.15, 0.2) is 0 Å². The number of pyridine rings is 1. The van der Waals surface area contributed by atoms with Gasteiger partial charge in [0.1, 0.15) is 0 Å². The van der Waals surface area contributed by atoms with Crippen molar-refractivity contribution < 1.29 is 5.11 Å². The third kappa shape index (κ3) is 4.41. The summed E-state index contributed by atoms with van der Waals surface area (Å²) in [6, 6.07) is 10.7. The highest BCUT2D eigenvalue weighted by Gasteiger charge is 2.27. The Morgan fingerprint density at radius 2 is 1.74 bits per heavy atom. The van der Waals surface area contributed by atoms with E-state index >= 15 is 0 Å². The average Bonchev–Trinajstić information content (AvgIpc) is 2.70. The molecule has 2 aromatic rings. The maximum atomic E-state index is 12.4. The van der Waals surface area contributed by atoms with Gasteiger partial charge in [-0.25, -0.2) is 0 Å². The summed E-state index contributed by atoms with van der Waals surface area (Å²) in [5.41, 5.74) is 1.81. The fourth-order valence-corrected chi connectivity index (χ4v) is 4.49. The summed E-state index contributed by atoms with van der Waals surface area (Å²) in [5.74, 6) is 0. The first-order chi connectivity index (χ1) is 13.2. The first kappa shape index (κ1) is 18.6.